The van der Waals surface area contributed by atoms with Crippen molar-refractivity contribution in [3.8, 4) is 0 Å². The van der Waals surface area contributed by atoms with Crippen LogP contribution >= 0.6 is 24.0 Å². The molecule has 0 atom stereocenters. The van der Waals surface area contributed by atoms with Gasteiger partial charge in [0.25, 0.3) is 0 Å². The molecule has 0 unspecified atom stereocenters. The summed E-state index contributed by atoms with van der Waals surface area (Å²) in [6.45, 7) is 3.35. The lowest BCUT2D eigenvalue weighted by Crippen LogP contribution is -2.45. The summed E-state index contributed by atoms with van der Waals surface area (Å²) in [5.41, 5.74) is 0. The van der Waals surface area contributed by atoms with E-state index in [-0.39, 0.29) is 29.7 Å². The van der Waals surface area contributed by atoms with Gasteiger partial charge in [-0.15, -0.1) is 24.0 Å². The van der Waals surface area contributed by atoms with Crippen LogP contribution in [0.1, 0.15) is 51.9 Å². The maximum Gasteiger partial charge on any atom is 0.191 e. The minimum atomic E-state index is -2.92. The molecule has 21 heavy (non-hydrogen) atoms. The van der Waals surface area contributed by atoms with E-state index >= 15 is 0 Å². The highest BCUT2D eigenvalue weighted by molar-refractivity contribution is 14.0. The lowest BCUT2D eigenvalue weighted by molar-refractivity contribution is 0.410. The Bertz CT molecular complexity index is 393. The average molecular weight is 431 g/mol. The molecule has 0 heterocycles. The Morgan fingerprint density at radius 2 is 1.90 bits per heavy atom. The third-order valence-electron chi connectivity index (χ3n) is 3.49. The summed E-state index contributed by atoms with van der Waals surface area (Å²) >= 11 is 0. The van der Waals surface area contributed by atoms with E-state index in [0.29, 0.717) is 12.6 Å². The van der Waals surface area contributed by atoms with Gasteiger partial charge in [0.05, 0.1) is 5.75 Å². The van der Waals surface area contributed by atoms with Crippen molar-refractivity contribution in [2.24, 2.45) is 4.99 Å². The molecule has 7 heteroatoms. The van der Waals surface area contributed by atoms with Gasteiger partial charge in [0, 0.05) is 25.4 Å². The van der Waals surface area contributed by atoms with Crippen LogP contribution < -0.4 is 10.6 Å². The van der Waals surface area contributed by atoms with Crippen LogP contribution in [0, 0.1) is 0 Å². The summed E-state index contributed by atoms with van der Waals surface area (Å²) in [5, 5.41) is 6.59. The summed E-state index contributed by atoms with van der Waals surface area (Å²) in [7, 11) is -2.92. The van der Waals surface area contributed by atoms with Crippen molar-refractivity contribution < 1.29 is 8.42 Å². The Labute approximate surface area is 146 Å². The maximum atomic E-state index is 11.2. The minimum absolute atomic E-state index is 0. The van der Waals surface area contributed by atoms with Crippen LogP contribution in [0.25, 0.3) is 0 Å². The molecule has 0 radical (unpaired) electrons. The number of nitrogens with zero attached hydrogens (tertiary/aromatic N) is 1. The fourth-order valence-electron chi connectivity index (χ4n) is 2.30. The Morgan fingerprint density at radius 3 is 2.48 bits per heavy atom. The summed E-state index contributed by atoms with van der Waals surface area (Å²) in [6.07, 6.45) is 9.65. The van der Waals surface area contributed by atoms with E-state index in [1.165, 1.54) is 38.4 Å². The number of rotatable bonds is 7. The van der Waals surface area contributed by atoms with E-state index in [0.717, 1.165) is 25.3 Å². The lowest BCUT2D eigenvalue weighted by Gasteiger charge is -2.25. The van der Waals surface area contributed by atoms with Crippen LogP contribution in [0.2, 0.25) is 0 Å². The van der Waals surface area contributed by atoms with Gasteiger partial charge < -0.3 is 10.6 Å². The largest absolute Gasteiger partial charge is 0.355 e. The normalized spacial score (nSPS) is 17.1. The molecule has 1 saturated carbocycles. The fraction of sp³-hybridized carbons (Fsp3) is 0.929. The first-order chi connectivity index (χ1) is 9.51. The zero-order valence-corrected chi connectivity index (χ0v) is 16.4. The van der Waals surface area contributed by atoms with Crippen molar-refractivity contribution in [1.82, 2.24) is 10.6 Å². The number of sulfone groups is 1. The van der Waals surface area contributed by atoms with E-state index in [2.05, 4.69) is 22.5 Å². The number of nitrogens with one attached hydrogen (secondary N) is 2. The Kier molecular flexibility index (Phi) is 11.5. The van der Waals surface area contributed by atoms with Gasteiger partial charge in [0.2, 0.25) is 0 Å². The number of halogens is 1. The molecule has 2 N–H and O–H groups in total. The van der Waals surface area contributed by atoms with Gasteiger partial charge >= 0.3 is 0 Å². The second-order valence-electron chi connectivity index (χ2n) is 5.62. The van der Waals surface area contributed by atoms with Gasteiger partial charge in [-0.3, -0.25) is 4.99 Å². The molecule has 5 nitrogen and oxygen atoms in total. The van der Waals surface area contributed by atoms with Crippen molar-refractivity contribution in [3.63, 3.8) is 0 Å². The van der Waals surface area contributed by atoms with Gasteiger partial charge in [0.1, 0.15) is 9.84 Å². The molecule has 0 aromatic rings. The van der Waals surface area contributed by atoms with Gasteiger partial charge in [0.15, 0.2) is 5.96 Å². The molecular weight excluding hydrogens is 401 g/mol. The highest BCUT2D eigenvalue weighted by atomic mass is 127. The molecule has 126 valence electrons. The van der Waals surface area contributed by atoms with Gasteiger partial charge in [-0.2, -0.15) is 0 Å². The van der Waals surface area contributed by atoms with Crippen LogP contribution in [0.5, 0.6) is 0 Å². The zero-order valence-electron chi connectivity index (χ0n) is 13.2. The molecule has 1 aliphatic rings. The van der Waals surface area contributed by atoms with E-state index in [1.54, 1.807) is 0 Å². The number of hydrogen-bond acceptors (Lipinski definition) is 3. The van der Waals surface area contributed by atoms with Crippen LogP contribution in [0.4, 0.5) is 0 Å². The molecule has 0 bridgehead atoms. The molecule has 0 aromatic carbocycles. The maximum absolute atomic E-state index is 11.2. The summed E-state index contributed by atoms with van der Waals surface area (Å²) in [6, 6.07) is 0.481. The van der Waals surface area contributed by atoms with Crippen LogP contribution in [-0.4, -0.2) is 45.5 Å². The summed E-state index contributed by atoms with van der Waals surface area (Å²) in [5.74, 6) is 0.917. The Morgan fingerprint density at radius 1 is 1.24 bits per heavy atom. The first-order valence-electron chi connectivity index (χ1n) is 7.74. The van der Waals surface area contributed by atoms with Crippen molar-refractivity contribution >= 4 is 39.8 Å². The second-order valence-corrected chi connectivity index (χ2v) is 7.88. The van der Waals surface area contributed by atoms with Crippen molar-refractivity contribution in [1.29, 1.82) is 0 Å². The molecule has 1 rings (SSSR count). The van der Waals surface area contributed by atoms with Crippen molar-refractivity contribution in [2.45, 2.75) is 57.9 Å². The zero-order chi connectivity index (χ0) is 14.8. The van der Waals surface area contributed by atoms with Crippen molar-refractivity contribution in [2.75, 3.05) is 25.1 Å². The quantitative estimate of drug-likeness (QED) is 0.281. The molecule has 1 aliphatic carbocycles. The highest BCUT2D eigenvalue weighted by Crippen LogP contribution is 2.17. The third-order valence-corrected chi connectivity index (χ3v) is 4.44. The van der Waals surface area contributed by atoms with E-state index < -0.39 is 9.84 Å². The van der Waals surface area contributed by atoms with E-state index in [1.807, 2.05) is 0 Å². The first kappa shape index (κ1) is 20.9. The third kappa shape index (κ3) is 11.2. The van der Waals surface area contributed by atoms with Crippen LogP contribution in [0.3, 0.4) is 0 Å². The SMILES string of the molecule is CCCCN=C(NCCS(C)(=O)=O)NC1CCCCC1.I. The number of aliphatic imine (C=N–C) groups is 1. The highest BCUT2D eigenvalue weighted by Gasteiger charge is 2.14. The van der Waals surface area contributed by atoms with Gasteiger partial charge in [-0.05, 0) is 19.3 Å². The lowest BCUT2D eigenvalue weighted by atomic mass is 9.96. The fourth-order valence-corrected chi connectivity index (χ4v) is 2.77. The Hall–Kier alpha value is -0.0500. The molecule has 0 spiro atoms. The smallest absolute Gasteiger partial charge is 0.191 e. The minimum Gasteiger partial charge on any atom is -0.355 e. The first-order valence-corrected chi connectivity index (χ1v) is 9.80. The molecule has 0 aromatic heterocycles. The number of hydrogen-bond donors (Lipinski definition) is 2. The number of guanidine groups is 1. The summed E-state index contributed by atoms with van der Waals surface area (Å²) in [4.78, 5) is 4.53. The van der Waals surface area contributed by atoms with Crippen LogP contribution in [0.15, 0.2) is 4.99 Å². The van der Waals surface area contributed by atoms with Gasteiger partial charge in [-0.25, -0.2) is 8.42 Å². The predicted octanol–water partition coefficient (Wildman–Crippen LogP) is 2.32. The average Bonchev–Trinajstić information content (AvgIpc) is 2.38. The standard InChI is InChI=1S/C14H29N3O2S.HI/c1-3-4-10-15-14(16-11-12-20(2,18)19)17-13-8-6-5-7-9-13;/h13H,3-12H2,1-2H3,(H2,15,16,17);1H. The van der Waals surface area contributed by atoms with Gasteiger partial charge in [-0.1, -0.05) is 32.6 Å². The molecule has 0 aliphatic heterocycles. The number of unbranched alkanes of at least 4 members (excludes halogenated alkanes) is 1. The molecule has 0 amide bonds. The molecular formula is C14H30IN3O2S. The topological polar surface area (TPSA) is 70.6 Å². The monoisotopic (exact) mass is 431 g/mol. The second kappa shape index (κ2) is 11.5. The molecule has 0 saturated heterocycles. The van der Waals surface area contributed by atoms with E-state index in [9.17, 15) is 8.42 Å². The van der Waals surface area contributed by atoms with Crippen LogP contribution in [-0.2, 0) is 9.84 Å². The Balaban J connectivity index is 0.00000400. The van der Waals surface area contributed by atoms with E-state index in [4.69, 9.17) is 0 Å². The van der Waals surface area contributed by atoms with Crippen molar-refractivity contribution in [3.05, 3.63) is 0 Å². The summed E-state index contributed by atoms with van der Waals surface area (Å²) < 4.78 is 22.3. The molecule has 1 fully saturated rings. The predicted molar refractivity (Wildman–Crippen MR) is 100 cm³/mol.